The highest BCUT2D eigenvalue weighted by molar-refractivity contribution is 7.82. The van der Waals surface area contributed by atoms with E-state index in [2.05, 4.69) is 0 Å². The summed E-state index contributed by atoms with van der Waals surface area (Å²) in [5, 5.41) is 0. The fourth-order valence-corrected chi connectivity index (χ4v) is 2.51. The molecule has 1 aromatic rings. The first kappa shape index (κ1) is 10.5. The molecule has 2 atom stereocenters. The van der Waals surface area contributed by atoms with Crippen LogP contribution in [-0.2, 0) is 22.2 Å². The van der Waals surface area contributed by atoms with Crippen molar-refractivity contribution in [2.24, 2.45) is 0 Å². The second-order valence-corrected chi connectivity index (χ2v) is 4.25. The van der Waals surface area contributed by atoms with Crippen LogP contribution in [0.15, 0.2) is 28.0 Å². The van der Waals surface area contributed by atoms with Crippen molar-refractivity contribution in [3.63, 3.8) is 0 Å². The van der Waals surface area contributed by atoms with Crippen LogP contribution in [0.1, 0.15) is 5.56 Å². The first-order chi connectivity index (χ1) is 6.04. The maximum atomic E-state index is 10.8. The van der Waals surface area contributed by atoms with Gasteiger partial charge in [0.2, 0.25) is 0 Å². The lowest BCUT2D eigenvalue weighted by atomic mass is 10.2. The lowest BCUT2D eigenvalue weighted by molar-refractivity contribution is 0.549. The van der Waals surface area contributed by atoms with Gasteiger partial charge in [-0.15, -0.1) is 0 Å². The third kappa shape index (κ3) is 2.22. The molecule has 13 heavy (non-hydrogen) atoms. The molecule has 0 fully saturated rings. The monoisotopic (exact) mass is 220 g/mol. The van der Waals surface area contributed by atoms with Gasteiger partial charge in [-0.25, -0.2) is 8.42 Å². The molecule has 6 heteroatoms. The predicted octanol–water partition coefficient (Wildman–Crippen LogP) is 1.16. The summed E-state index contributed by atoms with van der Waals surface area (Å²) in [6.07, 6.45) is 0. The lowest BCUT2D eigenvalue weighted by Crippen LogP contribution is -2.00. The Bertz CT molecular complexity index is 375. The van der Waals surface area contributed by atoms with Crippen LogP contribution in [0.25, 0.3) is 0 Å². The molecule has 2 unspecified atom stereocenters. The number of hydrogen-bond donors (Lipinski definition) is 2. The molecule has 0 radical (unpaired) electrons. The number of benzene rings is 1. The van der Waals surface area contributed by atoms with E-state index in [1.807, 2.05) is 0 Å². The molecule has 0 aliphatic heterocycles. The maximum Gasteiger partial charge on any atom is 0.188 e. The highest BCUT2D eigenvalue weighted by Gasteiger charge is 2.14. The first-order valence-electron chi connectivity index (χ1n) is 3.35. The summed E-state index contributed by atoms with van der Waals surface area (Å²) in [6.45, 7) is 1.61. The standard InChI is InChI=1S/C7H8O4S2/c1-5-3-2-4-6(12(8)9)7(5)13(10)11/h2-4H,1H3,(H,8,9)(H,10,11). The molecule has 0 aromatic heterocycles. The van der Waals surface area contributed by atoms with E-state index in [9.17, 15) is 8.42 Å². The second kappa shape index (κ2) is 4.10. The maximum absolute atomic E-state index is 10.8. The molecular weight excluding hydrogens is 212 g/mol. The van der Waals surface area contributed by atoms with Crippen molar-refractivity contribution >= 4 is 22.2 Å². The van der Waals surface area contributed by atoms with Crippen LogP contribution < -0.4 is 0 Å². The zero-order chi connectivity index (χ0) is 10.0. The Labute approximate surface area is 80.6 Å². The Morgan fingerprint density at radius 3 is 2.15 bits per heavy atom. The molecule has 0 heterocycles. The Kier molecular flexibility index (Phi) is 3.32. The lowest BCUT2D eigenvalue weighted by Gasteiger charge is -2.04. The van der Waals surface area contributed by atoms with Crippen molar-refractivity contribution in [2.75, 3.05) is 0 Å². The SMILES string of the molecule is Cc1cccc(S(=O)O)c1S(=O)O. The van der Waals surface area contributed by atoms with Crippen LogP contribution in [-0.4, -0.2) is 17.5 Å². The Morgan fingerprint density at radius 2 is 1.77 bits per heavy atom. The molecular formula is C7H8O4S2. The van der Waals surface area contributed by atoms with Gasteiger partial charge in [-0.2, -0.15) is 0 Å². The fourth-order valence-electron chi connectivity index (χ4n) is 0.987. The van der Waals surface area contributed by atoms with Crippen molar-refractivity contribution in [1.82, 2.24) is 0 Å². The normalized spacial score (nSPS) is 15.3. The van der Waals surface area contributed by atoms with Crippen LogP contribution >= 0.6 is 0 Å². The number of aryl methyl sites for hydroxylation is 1. The fraction of sp³-hybridized carbons (Fsp3) is 0.143. The highest BCUT2D eigenvalue weighted by Crippen LogP contribution is 2.19. The second-order valence-electron chi connectivity index (χ2n) is 2.40. The van der Waals surface area contributed by atoms with Crippen LogP contribution in [0.2, 0.25) is 0 Å². The van der Waals surface area contributed by atoms with Crippen LogP contribution in [0.3, 0.4) is 0 Å². The van der Waals surface area contributed by atoms with Crippen molar-refractivity contribution < 1.29 is 17.5 Å². The summed E-state index contributed by atoms with van der Waals surface area (Å²) in [5.41, 5.74) is 0.528. The molecule has 1 aromatic carbocycles. The smallest absolute Gasteiger partial charge is 0.188 e. The highest BCUT2D eigenvalue weighted by atomic mass is 32.2. The number of rotatable bonds is 2. The third-order valence-electron chi connectivity index (χ3n) is 1.54. The molecule has 0 aliphatic carbocycles. The summed E-state index contributed by atoms with van der Waals surface area (Å²) < 4.78 is 39.2. The summed E-state index contributed by atoms with van der Waals surface area (Å²) in [7, 11) is 0. The zero-order valence-electron chi connectivity index (χ0n) is 6.76. The van der Waals surface area contributed by atoms with E-state index in [0.29, 0.717) is 5.56 Å². The quantitative estimate of drug-likeness (QED) is 0.733. The van der Waals surface area contributed by atoms with Gasteiger partial charge in [0.05, 0.1) is 9.79 Å². The van der Waals surface area contributed by atoms with Crippen LogP contribution in [0.4, 0.5) is 0 Å². The molecule has 0 amide bonds. The van der Waals surface area contributed by atoms with Gasteiger partial charge in [-0.3, -0.25) is 0 Å². The Morgan fingerprint density at radius 1 is 1.15 bits per heavy atom. The predicted molar refractivity (Wildman–Crippen MR) is 49.3 cm³/mol. The first-order valence-corrected chi connectivity index (χ1v) is 5.56. The Balaban J connectivity index is 3.43. The molecule has 72 valence electrons. The summed E-state index contributed by atoms with van der Waals surface area (Å²) in [4.78, 5) is 0.00386. The van der Waals surface area contributed by atoms with E-state index in [1.165, 1.54) is 6.07 Å². The van der Waals surface area contributed by atoms with Gasteiger partial charge in [0, 0.05) is 0 Å². The van der Waals surface area contributed by atoms with Gasteiger partial charge >= 0.3 is 0 Å². The van der Waals surface area contributed by atoms with Crippen molar-refractivity contribution in [2.45, 2.75) is 16.7 Å². The third-order valence-corrected chi connectivity index (χ3v) is 3.28. The van der Waals surface area contributed by atoms with Crippen LogP contribution in [0.5, 0.6) is 0 Å². The molecule has 2 N–H and O–H groups in total. The van der Waals surface area contributed by atoms with Gasteiger partial charge in [0.25, 0.3) is 0 Å². The molecule has 0 spiro atoms. The molecule has 0 aliphatic rings. The summed E-state index contributed by atoms with van der Waals surface area (Å²) in [5.74, 6) is 0. The largest absolute Gasteiger partial charge is 0.302 e. The van der Waals surface area contributed by atoms with Gasteiger partial charge in [0.1, 0.15) is 0 Å². The Hall–Kier alpha value is -0.560. The molecule has 0 saturated heterocycles. The average molecular weight is 220 g/mol. The summed E-state index contributed by atoms with van der Waals surface area (Å²) >= 11 is -4.45. The van der Waals surface area contributed by atoms with Gasteiger partial charge in [-0.1, -0.05) is 12.1 Å². The van der Waals surface area contributed by atoms with E-state index in [-0.39, 0.29) is 9.79 Å². The molecule has 1 rings (SSSR count). The molecule has 4 nitrogen and oxygen atoms in total. The minimum absolute atomic E-state index is 0.0131. The van der Waals surface area contributed by atoms with Crippen molar-refractivity contribution in [3.05, 3.63) is 23.8 Å². The van der Waals surface area contributed by atoms with Crippen molar-refractivity contribution in [3.8, 4) is 0 Å². The zero-order valence-corrected chi connectivity index (χ0v) is 8.39. The topological polar surface area (TPSA) is 74.6 Å². The van der Waals surface area contributed by atoms with Gasteiger partial charge in [0.15, 0.2) is 22.2 Å². The van der Waals surface area contributed by atoms with Gasteiger partial charge in [-0.05, 0) is 18.6 Å². The van der Waals surface area contributed by atoms with E-state index >= 15 is 0 Å². The molecule has 0 bridgehead atoms. The van der Waals surface area contributed by atoms with Crippen LogP contribution in [0, 0.1) is 6.92 Å². The van der Waals surface area contributed by atoms with E-state index in [4.69, 9.17) is 9.11 Å². The van der Waals surface area contributed by atoms with E-state index in [0.717, 1.165) is 0 Å². The van der Waals surface area contributed by atoms with Crippen molar-refractivity contribution in [1.29, 1.82) is 0 Å². The number of hydrogen-bond acceptors (Lipinski definition) is 2. The van der Waals surface area contributed by atoms with Gasteiger partial charge < -0.3 is 9.11 Å². The minimum atomic E-state index is -2.23. The minimum Gasteiger partial charge on any atom is -0.302 e. The van der Waals surface area contributed by atoms with E-state index in [1.54, 1.807) is 19.1 Å². The average Bonchev–Trinajstić information content (AvgIpc) is 2.02. The summed E-state index contributed by atoms with van der Waals surface area (Å²) in [6, 6.07) is 4.53. The molecule has 0 saturated carbocycles. The van der Waals surface area contributed by atoms with E-state index < -0.39 is 22.2 Å².